The number of para-hydroxylation sites is 1. The van der Waals surface area contributed by atoms with Crippen LogP contribution in [0.4, 0.5) is 0 Å². The zero-order chi connectivity index (χ0) is 22.0. The van der Waals surface area contributed by atoms with Crippen molar-refractivity contribution in [1.29, 1.82) is 0 Å². The Hall–Kier alpha value is -3.22. The van der Waals surface area contributed by atoms with E-state index in [4.69, 9.17) is 14.2 Å². The second-order valence-corrected chi connectivity index (χ2v) is 8.26. The van der Waals surface area contributed by atoms with E-state index >= 15 is 0 Å². The zero-order valence-electron chi connectivity index (χ0n) is 18.1. The third-order valence-corrected chi connectivity index (χ3v) is 5.90. The van der Waals surface area contributed by atoms with Gasteiger partial charge in [0.1, 0.15) is 5.75 Å². The summed E-state index contributed by atoms with van der Waals surface area (Å²) in [6, 6.07) is 13.3. The van der Waals surface area contributed by atoms with Gasteiger partial charge in [0.2, 0.25) is 18.6 Å². The minimum Gasteiger partial charge on any atom is -0.496 e. The largest absolute Gasteiger partial charge is 0.496 e. The van der Waals surface area contributed by atoms with Crippen LogP contribution in [0.1, 0.15) is 30.9 Å². The molecule has 0 spiro atoms. The van der Waals surface area contributed by atoms with E-state index in [2.05, 4.69) is 5.32 Å². The van der Waals surface area contributed by atoms with Crippen LogP contribution in [-0.4, -0.2) is 43.7 Å². The number of nitrogens with zero attached hydrogens (tertiary/aromatic N) is 1. The Labute approximate surface area is 182 Å². The number of benzene rings is 2. The molecule has 0 aliphatic carbocycles. The monoisotopic (exact) mass is 424 g/mol. The third kappa shape index (κ3) is 4.31. The Kier molecular flexibility index (Phi) is 6.02. The maximum atomic E-state index is 13.2. The fraction of sp³-hybridized carbons (Fsp3) is 0.417. The number of carbonyl (C=O) groups is 2. The number of amides is 2. The first-order valence-electron chi connectivity index (χ1n) is 10.6. The van der Waals surface area contributed by atoms with Crippen molar-refractivity contribution in [3.8, 4) is 17.2 Å². The van der Waals surface area contributed by atoms with Crippen LogP contribution in [0.2, 0.25) is 0 Å². The van der Waals surface area contributed by atoms with Crippen molar-refractivity contribution < 1.29 is 23.8 Å². The molecular formula is C24H28N2O5. The van der Waals surface area contributed by atoms with Gasteiger partial charge >= 0.3 is 0 Å². The Bertz CT molecular complexity index is 974. The van der Waals surface area contributed by atoms with E-state index in [1.807, 2.05) is 56.3 Å². The van der Waals surface area contributed by atoms with Gasteiger partial charge in [-0.05, 0) is 29.3 Å². The van der Waals surface area contributed by atoms with Gasteiger partial charge in [-0.25, -0.2) is 0 Å². The molecule has 0 saturated carbocycles. The summed E-state index contributed by atoms with van der Waals surface area (Å²) in [6.07, 6.45) is 0. The molecule has 2 amide bonds. The summed E-state index contributed by atoms with van der Waals surface area (Å²) >= 11 is 0. The number of carbonyl (C=O) groups excluding carboxylic acids is 2. The normalized spacial score (nSPS) is 19.5. The zero-order valence-corrected chi connectivity index (χ0v) is 18.1. The van der Waals surface area contributed by atoms with Crippen molar-refractivity contribution in [1.82, 2.24) is 10.2 Å². The molecule has 0 radical (unpaired) electrons. The Morgan fingerprint density at radius 3 is 2.68 bits per heavy atom. The lowest BCUT2D eigenvalue weighted by Crippen LogP contribution is -2.36. The third-order valence-electron chi connectivity index (χ3n) is 5.90. The summed E-state index contributed by atoms with van der Waals surface area (Å²) in [7, 11) is 1.62. The van der Waals surface area contributed by atoms with E-state index in [0.717, 1.165) is 16.9 Å². The average Bonchev–Trinajstić information content (AvgIpc) is 3.43. The maximum absolute atomic E-state index is 13.2. The molecule has 0 aromatic heterocycles. The lowest BCUT2D eigenvalue weighted by Gasteiger charge is -2.20. The summed E-state index contributed by atoms with van der Waals surface area (Å²) in [5.41, 5.74) is 1.88. The molecule has 0 unspecified atom stereocenters. The smallest absolute Gasteiger partial charge is 0.231 e. The molecular weight excluding hydrogens is 396 g/mol. The number of hydrogen-bond acceptors (Lipinski definition) is 5. The minimum atomic E-state index is -0.354. The molecule has 2 aliphatic rings. The molecule has 7 heteroatoms. The highest BCUT2D eigenvalue weighted by Crippen LogP contribution is 2.38. The van der Waals surface area contributed by atoms with E-state index in [1.54, 1.807) is 12.0 Å². The van der Waals surface area contributed by atoms with Gasteiger partial charge in [0.25, 0.3) is 0 Å². The van der Waals surface area contributed by atoms with E-state index in [0.29, 0.717) is 31.1 Å². The summed E-state index contributed by atoms with van der Waals surface area (Å²) in [5, 5.41) is 3.04. The minimum absolute atomic E-state index is 0.0611. The Morgan fingerprint density at radius 2 is 1.90 bits per heavy atom. The molecule has 31 heavy (non-hydrogen) atoms. The van der Waals surface area contributed by atoms with Gasteiger partial charge in [0.15, 0.2) is 11.5 Å². The molecule has 4 rings (SSSR count). The quantitative estimate of drug-likeness (QED) is 0.772. The van der Waals surface area contributed by atoms with Gasteiger partial charge < -0.3 is 24.4 Å². The first kappa shape index (κ1) is 21.0. The van der Waals surface area contributed by atoms with Gasteiger partial charge in [0, 0.05) is 31.5 Å². The number of fused-ring (bicyclic) bond motifs is 1. The first-order chi connectivity index (χ1) is 15.0. The molecule has 2 atom stereocenters. The van der Waals surface area contributed by atoms with Crippen molar-refractivity contribution in [2.45, 2.75) is 26.3 Å². The van der Waals surface area contributed by atoms with E-state index < -0.39 is 0 Å². The van der Waals surface area contributed by atoms with Crippen LogP contribution in [0, 0.1) is 11.8 Å². The van der Waals surface area contributed by atoms with Gasteiger partial charge in [-0.2, -0.15) is 0 Å². The molecule has 2 heterocycles. The SMILES string of the molecule is COc1ccccc1[C@@H]1CN(C(=O)C(C)C)C[C@@H]1C(=O)NCc1ccc2c(c1)OCO2. The molecule has 1 N–H and O–H groups in total. The van der Waals surface area contributed by atoms with Crippen molar-refractivity contribution >= 4 is 11.8 Å². The lowest BCUT2D eigenvalue weighted by molar-refractivity contribution is -0.133. The second kappa shape index (κ2) is 8.88. The highest BCUT2D eigenvalue weighted by atomic mass is 16.7. The van der Waals surface area contributed by atoms with Crippen molar-refractivity contribution in [3.63, 3.8) is 0 Å². The van der Waals surface area contributed by atoms with Gasteiger partial charge in [-0.15, -0.1) is 0 Å². The highest BCUT2D eigenvalue weighted by Gasteiger charge is 2.41. The van der Waals surface area contributed by atoms with Gasteiger partial charge in [-0.3, -0.25) is 9.59 Å². The first-order valence-corrected chi connectivity index (χ1v) is 10.6. The van der Waals surface area contributed by atoms with Crippen molar-refractivity contribution in [3.05, 3.63) is 53.6 Å². The van der Waals surface area contributed by atoms with Crippen LogP contribution in [0.3, 0.4) is 0 Å². The van der Waals surface area contributed by atoms with Crippen LogP contribution >= 0.6 is 0 Å². The number of hydrogen-bond donors (Lipinski definition) is 1. The summed E-state index contributed by atoms with van der Waals surface area (Å²) in [5.74, 6) is 1.52. The van der Waals surface area contributed by atoms with Crippen LogP contribution < -0.4 is 19.5 Å². The Morgan fingerprint density at radius 1 is 1.13 bits per heavy atom. The fourth-order valence-electron chi connectivity index (χ4n) is 4.27. The fourth-order valence-corrected chi connectivity index (χ4v) is 4.27. The number of methoxy groups -OCH3 is 1. The van der Waals surface area contributed by atoms with Crippen molar-refractivity contribution in [2.75, 3.05) is 27.0 Å². The standard InChI is InChI=1S/C24H28N2O5/c1-15(2)24(28)26-12-18(17-6-4-5-7-20(17)29-3)19(13-26)23(27)25-11-16-8-9-21-22(10-16)31-14-30-21/h4-10,15,18-19H,11-14H2,1-3H3,(H,25,27)/t18-,19-/m0/s1. The molecule has 2 aliphatic heterocycles. The number of rotatable bonds is 6. The topological polar surface area (TPSA) is 77.1 Å². The molecule has 2 aromatic carbocycles. The average molecular weight is 424 g/mol. The van der Waals surface area contributed by atoms with Gasteiger partial charge in [-0.1, -0.05) is 38.1 Å². The summed E-state index contributed by atoms with van der Waals surface area (Å²) in [6.45, 7) is 5.25. The molecule has 7 nitrogen and oxygen atoms in total. The highest BCUT2D eigenvalue weighted by molar-refractivity contribution is 5.84. The molecule has 1 fully saturated rings. The molecule has 164 valence electrons. The van der Waals surface area contributed by atoms with Crippen LogP contribution in [0.15, 0.2) is 42.5 Å². The van der Waals surface area contributed by atoms with E-state index in [-0.39, 0.29) is 36.4 Å². The van der Waals surface area contributed by atoms with Crippen molar-refractivity contribution in [2.24, 2.45) is 11.8 Å². The van der Waals surface area contributed by atoms with Crippen LogP contribution in [-0.2, 0) is 16.1 Å². The number of ether oxygens (including phenoxy) is 3. The maximum Gasteiger partial charge on any atom is 0.231 e. The number of nitrogens with one attached hydrogen (secondary N) is 1. The van der Waals surface area contributed by atoms with E-state index in [9.17, 15) is 9.59 Å². The Balaban J connectivity index is 1.52. The lowest BCUT2D eigenvalue weighted by atomic mass is 9.87. The molecule has 1 saturated heterocycles. The molecule has 0 bridgehead atoms. The predicted molar refractivity (Wildman–Crippen MR) is 115 cm³/mol. The van der Waals surface area contributed by atoms with E-state index in [1.165, 1.54) is 0 Å². The summed E-state index contributed by atoms with van der Waals surface area (Å²) < 4.78 is 16.3. The predicted octanol–water partition coefficient (Wildman–Crippen LogP) is 2.94. The second-order valence-electron chi connectivity index (χ2n) is 8.26. The summed E-state index contributed by atoms with van der Waals surface area (Å²) in [4.78, 5) is 27.7. The van der Waals surface area contributed by atoms with Crippen LogP contribution in [0.25, 0.3) is 0 Å². The van der Waals surface area contributed by atoms with Crippen LogP contribution in [0.5, 0.6) is 17.2 Å². The molecule has 2 aromatic rings. The number of likely N-dealkylation sites (tertiary alicyclic amines) is 1. The van der Waals surface area contributed by atoms with Gasteiger partial charge in [0.05, 0.1) is 13.0 Å².